The Morgan fingerprint density at radius 2 is 2.38 bits per heavy atom. The molecular weight excluding hydrogens is 204 g/mol. The molecule has 1 aromatic heterocycles. The average molecular weight is 222 g/mol. The maximum absolute atomic E-state index is 11.3. The van der Waals surface area contributed by atoms with Gasteiger partial charge in [0.2, 0.25) is 0 Å². The summed E-state index contributed by atoms with van der Waals surface area (Å²) in [4.78, 5) is 18.2. The maximum Gasteiger partial charge on any atom is 0.252 e. The highest BCUT2D eigenvalue weighted by molar-refractivity contribution is 5.34. The van der Waals surface area contributed by atoms with Gasteiger partial charge in [0, 0.05) is 18.2 Å². The molecule has 3 N–H and O–H groups in total. The molecule has 2 atom stereocenters. The third-order valence-corrected chi connectivity index (χ3v) is 2.96. The normalized spacial score (nSPS) is 25.4. The zero-order chi connectivity index (χ0) is 11.5. The first-order valence-corrected chi connectivity index (χ1v) is 5.73. The maximum atomic E-state index is 11.3. The van der Waals surface area contributed by atoms with Gasteiger partial charge >= 0.3 is 0 Å². The van der Waals surface area contributed by atoms with Gasteiger partial charge in [-0.1, -0.05) is 0 Å². The Balaban J connectivity index is 2.10. The van der Waals surface area contributed by atoms with E-state index < -0.39 is 0 Å². The zero-order valence-electron chi connectivity index (χ0n) is 9.71. The van der Waals surface area contributed by atoms with Gasteiger partial charge in [-0.15, -0.1) is 0 Å². The van der Waals surface area contributed by atoms with E-state index in [-0.39, 0.29) is 5.56 Å². The first kappa shape index (κ1) is 11.1. The van der Waals surface area contributed by atoms with E-state index in [4.69, 9.17) is 0 Å². The number of rotatable bonds is 2. The first-order valence-electron chi connectivity index (χ1n) is 5.73. The second kappa shape index (κ2) is 4.65. The average Bonchev–Trinajstić information content (AvgIpc) is 2.20. The lowest BCUT2D eigenvalue weighted by Gasteiger charge is -2.30. The predicted molar refractivity (Wildman–Crippen MR) is 63.7 cm³/mol. The minimum atomic E-state index is -0.105. The van der Waals surface area contributed by atoms with Crippen molar-refractivity contribution in [1.82, 2.24) is 15.3 Å². The molecule has 16 heavy (non-hydrogen) atoms. The Morgan fingerprint density at radius 1 is 1.56 bits per heavy atom. The first-order chi connectivity index (χ1) is 7.65. The molecule has 2 rings (SSSR count). The van der Waals surface area contributed by atoms with Crippen molar-refractivity contribution in [3.8, 4) is 0 Å². The summed E-state index contributed by atoms with van der Waals surface area (Å²) >= 11 is 0. The highest BCUT2D eigenvalue weighted by Crippen LogP contribution is 2.13. The Labute approximate surface area is 94.7 Å². The molecule has 1 aromatic rings. The van der Waals surface area contributed by atoms with E-state index in [1.165, 1.54) is 6.07 Å². The van der Waals surface area contributed by atoms with Crippen LogP contribution in [0.1, 0.15) is 25.6 Å². The van der Waals surface area contributed by atoms with Gasteiger partial charge in [0.15, 0.2) is 0 Å². The second-order valence-electron chi connectivity index (χ2n) is 4.35. The van der Waals surface area contributed by atoms with Gasteiger partial charge in [0.1, 0.15) is 11.6 Å². The number of anilines is 1. The number of piperidine rings is 1. The summed E-state index contributed by atoms with van der Waals surface area (Å²) in [6.07, 6.45) is 2.27. The molecule has 88 valence electrons. The number of H-pyrrole nitrogens is 1. The van der Waals surface area contributed by atoms with Crippen LogP contribution in [0.25, 0.3) is 0 Å². The van der Waals surface area contributed by atoms with Crippen molar-refractivity contribution in [3.05, 3.63) is 22.2 Å². The third kappa shape index (κ3) is 2.61. The molecule has 1 fully saturated rings. The quantitative estimate of drug-likeness (QED) is 0.686. The molecule has 0 saturated carbocycles. The van der Waals surface area contributed by atoms with Crippen molar-refractivity contribution in [2.75, 3.05) is 11.9 Å². The van der Waals surface area contributed by atoms with Crippen LogP contribution in [-0.2, 0) is 0 Å². The summed E-state index contributed by atoms with van der Waals surface area (Å²) in [5, 5.41) is 6.72. The van der Waals surface area contributed by atoms with E-state index in [2.05, 4.69) is 27.5 Å². The van der Waals surface area contributed by atoms with Crippen molar-refractivity contribution in [2.24, 2.45) is 0 Å². The SMILES string of the molecule is Cc1nc(NC2CCCNC2C)cc(=O)[nH]1. The van der Waals surface area contributed by atoms with Crippen molar-refractivity contribution in [2.45, 2.75) is 38.8 Å². The molecular formula is C11H18N4O. The Kier molecular flexibility index (Phi) is 3.24. The molecule has 0 amide bonds. The van der Waals surface area contributed by atoms with Crippen molar-refractivity contribution in [3.63, 3.8) is 0 Å². The van der Waals surface area contributed by atoms with E-state index >= 15 is 0 Å². The molecule has 1 aliphatic rings. The Hall–Kier alpha value is -1.36. The van der Waals surface area contributed by atoms with E-state index in [1.807, 2.05) is 0 Å². The third-order valence-electron chi connectivity index (χ3n) is 2.96. The van der Waals surface area contributed by atoms with Crippen LogP contribution < -0.4 is 16.2 Å². The summed E-state index contributed by atoms with van der Waals surface area (Å²) in [6, 6.07) is 2.27. The number of aromatic amines is 1. The Bertz CT molecular complexity index is 415. The van der Waals surface area contributed by atoms with E-state index in [9.17, 15) is 4.79 Å². The Morgan fingerprint density at radius 3 is 3.06 bits per heavy atom. The number of aryl methyl sites for hydroxylation is 1. The van der Waals surface area contributed by atoms with Crippen molar-refractivity contribution >= 4 is 5.82 Å². The van der Waals surface area contributed by atoms with Gasteiger partial charge < -0.3 is 15.6 Å². The van der Waals surface area contributed by atoms with Crippen molar-refractivity contribution in [1.29, 1.82) is 0 Å². The molecule has 5 nitrogen and oxygen atoms in total. The number of nitrogens with one attached hydrogen (secondary N) is 3. The van der Waals surface area contributed by atoms with Crippen LogP contribution in [0.3, 0.4) is 0 Å². The van der Waals surface area contributed by atoms with Crippen LogP contribution in [0.15, 0.2) is 10.9 Å². The van der Waals surface area contributed by atoms with Crippen LogP contribution in [0.4, 0.5) is 5.82 Å². The summed E-state index contributed by atoms with van der Waals surface area (Å²) in [7, 11) is 0. The van der Waals surface area contributed by atoms with Crippen LogP contribution in [-0.4, -0.2) is 28.6 Å². The van der Waals surface area contributed by atoms with Crippen LogP contribution in [0.2, 0.25) is 0 Å². The van der Waals surface area contributed by atoms with E-state index in [0.717, 1.165) is 19.4 Å². The summed E-state index contributed by atoms with van der Waals surface area (Å²) in [6.45, 7) is 5.01. The second-order valence-corrected chi connectivity index (χ2v) is 4.35. The largest absolute Gasteiger partial charge is 0.366 e. The molecule has 1 aliphatic heterocycles. The number of nitrogens with zero attached hydrogens (tertiary/aromatic N) is 1. The summed E-state index contributed by atoms with van der Waals surface area (Å²) in [5.74, 6) is 1.31. The van der Waals surface area contributed by atoms with E-state index in [1.54, 1.807) is 6.92 Å². The molecule has 0 bridgehead atoms. The molecule has 0 radical (unpaired) electrons. The zero-order valence-corrected chi connectivity index (χ0v) is 9.71. The number of aromatic nitrogens is 2. The smallest absolute Gasteiger partial charge is 0.252 e. The van der Waals surface area contributed by atoms with Gasteiger partial charge in [-0.05, 0) is 33.2 Å². The van der Waals surface area contributed by atoms with E-state index in [0.29, 0.717) is 23.7 Å². The fourth-order valence-corrected chi connectivity index (χ4v) is 2.08. The number of hydrogen-bond acceptors (Lipinski definition) is 4. The van der Waals surface area contributed by atoms with Gasteiger partial charge in [0.05, 0.1) is 0 Å². The van der Waals surface area contributed by atoms with Crippen LogP contribution in [0.5, 0.6) is 0 Å². The fourth-order valence-electron chi connectivity index (χ4n) is 2.08. The molecule has 2 heterocycles. The highest BCUT2D eigenvalue weighted by Gasteiger charge is 2.20. The molecule has 0 spiro atoms. The monoisotopic (exact) mass is 222 g/mol. The van der Waals surface area contributed by atoms with Crippen molar-refractivity contribution < 1.29 is 0 Å². The molecule has 2 unspecified atom stereocenters. The molecule has 1 saturated heterocycles. The lowest BCUT2D eigenvalue weighted by Crippen LogP contribution is -2.46. The van der Waals surface area contributed by atoms with Crippen LogP contribution >= 0.6 is 0 Å². The minimum absolute atomic E-state index is 0.105. The fraction of sp³-hybridized carbons (Fsp3) is 0.636. The minimum Gasteiger partial charge on any atom is -0.366 e. The van der Waals surface area contributed by atoms with Crippen LogP contribution in [0, 0.1) is 6.92 Å². The lowest BCUT2D eigenvalue weighted by molar-refractivity contribution is 0.388. The van der Waals surface area contributed by atoms with Gasteiger partial charge in [0.25, 0.3) is 5.56 Å². The topological polar surface area (TPSA) is 69.8 Å². The molecule has 0 aliphatic carbocycles. The molecule has 0 aromatic carbocycles. The lowest BCUT2D eigenvalue weighted by atomic mass is 10.00. The standard InChI is InChI=1S/C11H18N4O/c1-7-9(4-3-5-12-7)15-10-6-11(16)14-8(2)13-10/h6-7,9,12H,3-5H2,1-2H3,(H2,13,14,15,16). The summed E-state index contributed by atoms with van der Waals surface area (Å²) < 4.78 is 0. The van der Waals surface area contributed by atoms with Gasteiger partial charge in [-0.25, -0.2) is 4.98 Å². The number of hydrogen-bond donors (Lipinski definition) is 3. The molecule has 5 heteroatoms. The predicted octanol–water partition coefficient (Wildman–Crippen LogP) is 0.631. The highest BCUT2D eigenvalue weighted by atomic mass is 16.1. The van der Waals surface area contributed by atoms with Gasteiger partial charge in [-0.3, -0.25) is 4.79 Å². The van der Waals surface area contributed by atoms with Gasteiger partial charge in [-0.2, -0.15) is 0 Å². The summed E-state index contributed by atoms with van der Waals surface area (Å²) in [5.41, 5.74) is -0.105.